The number of benzene rings is 1. The maximum atomic E-state index is 5.82. The molecule has 0 spiro atoms. The van der Waals surface area contributed by atoms with Crippen molar-refractivity contribution in [2.75, 3.05) is 38.3 Å². The molecule has 4 nitrogen and oxygen atoms in total. The highest BCUT2D eigenvalue weighted by atomic mass is 79.9. The van der Waals surface area contributed by atoms with Gasteiger partial charge in [-0.1, -0.05) is 12.1 Å². The Morgan fingerprint density at radius 3 is 2.77 bits per heavy atom. The normalized spacial score (nSPS) is 16.4. The lowest BCUT2D eigenvalue weighted by Crippen LogP contribution is -2.37. The van der Waals surface area contributed by atoms with Gasteiger partial charge in [0.05, 0.1) is 24.8 Å². The van der Waals surface area contributed by atoms with Gasteiger partial charge in [0.15, 0.2) is 0 Å². The van der Waals surface area contributed by atoms with Crippen LogP contribution in [0, 0.1) is 0 Å². The van der Waals surface area contributed by atoms with Gasteiger partial charge in [0.1, 0.15) is 5.82 Å². The van der Waals surface area contributed by atoms with Crippen molar-refractivity contribution in [2.24, 2.45) is 0 Å². The lowest BCUT2D eigenvalue weighted by molar-refractivity contribution is 0.00605. The minimum atomic E-state index is 0.346. The minimum absolute atomic E-state index is 0.346. The predicted molar refractivity (Wildman–Crippen MR) is 92.5 cm³/mol. The number of ether oxygens (including phenoxy) is 2. The molecule has 1 aliphatic heterocycles. The molecule has 0 bridgehead atoms. The Labute approximate surface area is 139 Å². The van der Waals surface area contributed by atoms with E-state index in [1.165, 1.54) is 0 Å². The Balaban J connectivity index is 1.65. The zero-order chi connectivity index (χ0) is 15.4. The number of para-hydroxylation sites is 1. The lowest BCUT2D eigenvalue weighted by atomic mass is 10.1. The fourth-order valence-corrected chi connectivity index (χ4v) is 3.30. The molecule has 1 saturated heterocycles. The summed E-state index contributed by atoms with van der Waals surface area (Å²) in [6, 6.07) is 10.4. The lowest BCUT2D eigenvalue weighted by Gasteiger charge is -2.32. The van der Waals surface area contributed by atoms with Crippen LogP contribution in [0.1, 0.15) is 12.8 Å². The molecule has 2 heterocycles. The summed E-state index contributed by atoms with van der Waals surface area (Å²) in [6.07, 6.45) is 2.43. The van der Waals surface area contributed by atoms with Gasteiger partial charge in [0.25, 0.3) is 0 Å². The van der Waals surface area contributed by atoms with Crippen LogP contribution in [0.25, 0.3) is 10.9 Å². The average molecular weight is 365 g/mol. The van der Waals surface area contributed by atoms with Crippen molar-refractivity contribution in [3.05, 3.63) is 34.8 Å². The number of aromatic nitrogens is 1. The van der Waals surface area contributed by atoms with E-state index in [2.05, 4.69) is 39.0 Å². The van der Waals surface area contributed by atoms with Gasteiger partial charge in [-0.2, -0.15) is 0 Å². The molecule has 118 valence electrons. The van der Waals surface area contributed by atoms with E-state index in [4.69, 9.17) is 14.5 Å². The van der Waals surface area contributed by atoms with Crippen LogP contribution in [0.2, 0.25) is 0 Å². The smallest absolute Gasteiger partial charge is 0.129 e. The fourth-order valence-electron chi connectivity index (χ4n) is 2.83. The highest BCUT2D eigenvalue weighted by Gasteiger charge is 2.20. The summed E-state index contributed by atoms with van der Waals surface area (Å²) in [5, 5.41) is 1.16. The van der Waals surface area contributed by atoms with E-state index in [1.54, 1.807) is 7.11 Å². The molecule has 0 radical (unpaired) electrons. The summed E-state index contributed by atoms with van der Waals surface area (Å²) in [7, 11) is 1.70. The number of pyridine rings is 1. The van der Waals surface area contributed by atoms with Crippen molar-refractivity contribution in [3.63, 3.8) is 0 Å². The molecule has 2 aromatic rings. The highest BCUT2D eigenvalue weighted by molar-refractivity contribution is 9.10. The number of halogens is 1. The Morgan fingerprint density at radius 2 is 2.00 bits per heavy atom. The molecular weight excluding hydrogens is 344 g/mol. The Morgan fingerprint density at radius 1 is 1.18 bits per heavy atom. The van der Waals surface area contributed by atoms with E-state index in [9.17, 15) is 0 Å². The first-order chi connectivity index (χ1) is 10.8. The molecule has 0 aliphatic carbocycles. The van der Waals surface area contributed by atoms with Gasteiger partial charge in [0.2, 0.25) is 0 Å². The molecule has 3 rings (SSSR count). The number of hydrogen-bond acceptors (Lipinski definition) is 4. The van der Waals surface area contributed by atoms with E-state index in [-0.39, 0.29) is 0 Å². The monoisotopic (exact) mass is 364 g/mol. The molecule has 1 aromatic carbocycles. The first kappa shape index (κ1) is 15.7. The first-order valence-corrected chi connectivity index (χ1v) is 8.48. The average Bonchev–Trinajstić information content (AvgIpc) is 2.56. The van der Waals surface area contributed by atoms with Crippen molar-refractivity contribution in [2.45, 2.75) is 18.9 Å². The SMILES string of the molecule is COCCOC1CCN(c2ccc3cccc(Br)c3n2)CC1. The molecule has 1 aliphatic rings. The van der Waals surface area contributed by atoms with Crippen LogP contribution in [0.4, 0.5) is 5.82 Å². The van der Waals surface area contributed by atoms with Crippen LogP contribution >= 0.6 is 15.9 Å². The summed E-state index contributed by atoms with van der Waals surface area (Å²) in [6.45, 7) is 3.32. The Hall–Kier alpha value is -1.17. The van der Waals surface area contributed by atoms with Crippen LogP contribution in [-0.2, 0) is 9.47 Å². The predicted octanol–water partition coefficient (Wildman–Crippen LogP) is 3.63. The second kappa shape index (κ2) is 7.40. The van der Waals surface area contributed by atoms with Crippen LogP contribution in [-0.4, -0.2) is 44.5 Å². The van der Waals surface area contributed by atoms with Crippen LogP contribution in [0.5, 0.6) is 0 Å². The van der Waals surface area contributed by atoms with Gasteiger partial charge in [-0.3, -0.25) is 0 Å². The van der Waals surface area contributed by atoms with Gasteiger partial charge in [0, 0.05) is 30.1 Å². The molecule has 22 heavy (non-hydrogen) atoms. The third-order valence-corrected chi connectivity index (χ3v) is 4.70. The van der Waals surface area contributed by atoms with Crippen molar-refractivity contribution in [1.29, 1.82) is 0 Å². The number of rotatable bonds is 5. The molecule has 0 unspecified atom stereocenters. The molecule has 1 fully saturated rings. The first-order valence-electron chi connectivity index (χ1n) is 7.68. The molecule has 0 amide bonds. The zero-order valence-corrected chi connectivity index (χ0v) is 14.4. The second-order valence-electron chi connectivity index (χ2n) is 5.53. The van der Waals surface area contributed by atoms with E-state index in [0.717, 1.165) is 47.1 Å². The summed E-state index contributed by atoms with van der Waals surface area (Å²) in [5.41, 5.74) is 1.03. The van der Waals surface area contributed by atoms with E-state index in [0.29, 0.717) is 19.3 Å². The number of methoxy groups -OCH3 is 1. The number of nitrogens with zero attached hydrogens (tertiary/aromatic N) is 2. The van der Waals surface area contributed by atoms with Crippen molar-refractivity contribution < 1.29 is 9.47 Å². The van der Waals surface area contributed by atoms with Crippen molar-refractivity contribution in [3.8, 4) is 0 Å². The molecule has 0 saturated carbocycles. The zero-order valence-electron chi connectivity index (χ0n) is 12.8. The molecule has 5 heteroatoms. The topological polar surface area (TPSA) is 34.6 Å². The van der Waals surface area contributed by atoms with Gasteiger partial charge >= 0.3 is 0 Å². The number of anilines is 1. The summed E-state index contributed by atoms with van der Waals surface area (Å²) in [5.74, 6) is 1.05. The molecule has 0 atom stereocenters. The van der Waals surface area contributed by atoms with Gasteiger partial charge in [-0.15, -0.1) is 0 Å². The maximum absolute atomic E-state index is 5.82. The Kier molecular flexibility index (Phi) is 5.28. The molecule has 1 aromatic heterocycles. The molecule has 0 N–H and O–H groups in total. The minimum Gasteiger partial charge on any atom is -0.382 e. The van der Waals surface area contributed by atoms with Crippen molar-refractivity contribution >= 4 is 32.7 Å². The third kappa shape index (κ3) is 3.59. The summed E-state index contributed by atoms with van der Waals surface area (Å²) < 4.78 is 11.9. The van der Waals surface area contributed by atoms with Gasteiger partial charge < -0.3 is 14.4 Å². The van der Waals surface area contributed by atoms with Crippen LogP contribution in [0.15, 0.2) is 34.8 Å². The van der Waals surface area contributed by atoms with Crippen molar-refractivity contribution in [1.82, 2.24) is 4.98 Å². The van der Waals surface area contributed by atoms with E-state index in [1.807, 2.05) is 12.1 Å². The summed E-state index contributed by atoms with van der Waals surface area (Å²) in [4.78, 5) is 7.16. The largest absolute Gasteiger partial charge is 0.382 e. The number of fused-ring (bicyclic) bond motifs is 1. The third-order valence-electron chi connectivity index (χ3n) is 4.06. The quantitative estimate of drug-likeness (QED) is 0.758. The number of piperidine rings is 1. The van der Waals surface area contributed by atoms with E-state index >= 15 is 0 Å². The van der Waals surface area contributed by atoms with Crippen LogP contribution < -0.4 is 4.90 Å². The Bertz CT molecular complexity index is 627. The summed E-state index contributed by atoms with van der Waals surface area (Å²) >= 11 is 3.59. The fraction of sp³-hybridized carbons (Fsp3) is 0.471. The van der Waals surface area contributed by atoms with Gasteiger partial charge in [-0.05, 0) is 47.0 Å². The van der Waals surface area contributed by atoms with Gasteiger partial charge in [-0.25, -0.2) is 4.98 Å². The second-order valence-corrected chi connectivity index (χ2v) is 6.39. The highest BCUT2D eigenvalue weighted by Crippen LogP contribution is 2.26. The number of hydrogen-bond donors (Lipinski definition) is 0. The van der Waals surface area contributed by atoms with E-state index < -0.39 is 0 Å². The standard InChI is InChI=1S/C17H21BrN2O2/c1-21-11-12-22-14-7-9-20(10-8-14)16-6-5-13-3-2-4-15(18)17(13)19-16/h2-6,14H,7-12H2,1H3. The van der Waals surface area contributed by atoms with Crippen LogP contribution in [0.3, 0.4) is 0 Å². The molecular formula is C17H21BrN2O2. The maximum Gasteiger partial charge on any atom is 0.129 e.